The van der Waals surface area contributed by atoms with E-state index in [1.54, 1.807) is 24.3 Å². The van der Waals surface area contributed by atoms with Crippen LogP contribution < -0.4 is 14.8 Å². The molecule has 1 atom stereocenters. The molecule has 0 aliphatic carbocycles. The summed E-state index contributed by atoms with van der Waals surface area (Å²) in [6.45, 7) is 3.09. The molecule has 1 heterocycles. The van der Waals surface area contributed by atoms with Gasteiger partial charge in [0, 0.05) is 18.7 Å². The van der Waals surface area contributed by atoms with E-state index in [-0.39, 0.29) is 28.1 Å². The van der Waals surface area contributed by atoms with E-state index < -0.39 is 15.9 Å². The Hall–Kier alpha value is -2.13. The Morgan fingerprint density at radius 3 is 2.79 bits per heavy atom. The fraction of sp³-hybridized carbons (Fsp3) is 0.350. The number of ether oxygens (including phenoxy) is 2. The van der Waals surface area contributed by atoms with Crippen LogP contribution in [0.1, 0.15) is 30.1 Å². The molecule has 1 saturated heterocycles. The normalized spacial score (nSPS) is 16.6. The molecular weight excluding hydrogens is 416 g/mol. The van der Waals surface area contributed by atoms with Crippen molar-refractivity contribution in [3.63, 3.8) is 0 Å². The molecular formula is C20H23ClN2O5S. The number of carbonyl (C=O) groups is 1. The summed E-state index contributed by atoms with van der Waals surface area (Å²) in [6, 6.07) is 11.1. The maximum Gasteiger partial charge on any atom is 0.255 e. The van der Waals surface area contributed by atoms with Crippen LogP contribution in [0.15, 0.2) is 47.4 Å². The van der Waals surface area contributed by atoms with E-state index >= 15 is 0 Å². The van der Waals surface area contributed by atoms with Gasteiger partial charge in [-0.3, -0.25) is 4.79 Å². The second kappa shape index (κ2) is 9.58. The van der Waals surface area contributed by atoms with Crippen molar-refractivity contribution in [1.82, 2.24) is 4.72 Å². The van der Waals surface area contributed by atoms with Gasteiger partial charge >= 0.3 is 0 Å². The van der Waals surface area contributed by atoms with E-state index in [1.165, 1.54) is 18.2 Å². The number of rotatable bonds is 8. The number of amides is 1. The Balaban J connectivity index is 1.78. The van der Waals surface area contributed by atoms with Gasteiger partial charge in [0.05, 0.1) is 23.4 Å². The minimum atomic E-state index is -3.89. The number of nitrogens with one attached hydrogen (secondary N) is 2. The standard InChI is InChI=1S/C20H23ClN2O5S/c1-2-27-18-8-4-3-7-17(18)23-20(24)14-9-10-16(21)19(12-14)29(25,26)22-13-15-6-5-11-28-15/h3-4,7-10,12,15,22H,2,5-6,11,13H2,1H3,(H,23,24). The van der Waals surface area contributed by atoms with Gasteiger partial charge < -0.3 is 14.8 Å². The summed E-state index contributed by atoms with van der Waals surface area (Å²) in [5, 5.41) is 2.78. The first-order valence-electron chi connectivity index (χ1n) is 9.34. The van der Waals surface area contributed by atoms with Gasteiger partial charge in [0.25, 0.3) is 5.91 Å². The van der Waals surface area contributed by atoms with Crippen LogP contribution in [0.2, 0.25) is 5.02 Å². The number of benzene rings is 2. The van der Waals surface area contributed by atoms with Crippen molar-refractivity contribution in [2.24, 2.45) is 0 Å². The van der Waals surface area contributed by atoms with Crippen LogP contribution >= 0.6 is 11.6 Å². The molecule has 2 aromatic rings. The quantitative estimate of drug-likeness (QED) is 0.658. The maximum absolute atomic E-state index is 12.7. The zero-order chi connectivity index (χ0) is 20.9. The number of para-hydroxylation sites is 2. The molecule has 0 saturated carbocycles. The highest BCUT2D eigenvalue weighted by atomic mass is 35.5. The van der Waals surface area contributed by atoms with Crippen molar-refractivity contribution < 1.29 is 22.7 Å². The van der Waals surface area contributed by atoms with Crippen LogP contribution in [0, 0.1) is 0 Å². The molecule has 1 aliphatic rings. The van der Waals surface area contributed by atoms with Gasteiger partial charge in [-0.15, -0.1) is 0 Å². The van der Waals surface area contributed by atoms with Gasteiger partial charge in [-0.25, -0.2) is 13.1 Å². The molecule has 1 aliphatic heterocycles. The van der Waals surface area contributed by atoms with E-state index in [9.17, 15) is 13.2 Å². The monoisotopic (exact) mass is 438 g/mol. The third kappa shape index (κ3) is 5.48. The molecule has 29 heavy (non-hydrogen) atoms. The topological polar surface area (TPSA) is 93.7 Å². The zero-order valence-corrected chi connectivity index (χ0v) is 17.6. The Labute approximate surface area is 175 Å². The molecule has 0 bridgehead atoms. The van der Waals surface area contributed by atoms with E-state index in [1.807, 2.05) is 6.92 Å². The first kappa shape index (κ1) is 21.6. The maximum atomic E-state index is 12.7. The number of carbonyl (C=O) groups excluding carboxylic acids is 1. The van der Waals surface area contributed by atoms with E-state index in [0.29, 0.717) is 24.7 Å². The number of anilines is 1. The predicted octanol–water partition coefficient (Wildman–Crippen LogP) is 3.45. The molecule has 3 rings (SSSR count). The van der Waals surface area contributed by atoms with Gasteiger partial charge in [0.1, 0.15) is 10.6 Å². The fourth-order valence-electron chi connectivity index (χ4n) is 2.98. The average Bonchev–Trinajstić information content (AvgIpc) is 3.22. The number of sulfonamides is 1. The van der Waals surface area contributed by atoms with Crippen molar-refractivity contribution in [1.29, 1.82) is 0 Å². The molecule has 1 fully saturated rings. The minimum Gasteiger partial charge on any atom is -0.492 e. The smallest absolute Gasteiger partial charge is 0.255 e. The summed E-state index contributed by atoms with van der Waals surface area (Å²) >= 11 is 6.11. The average molecular weight is 439 g/mol. The second-order valence-corrected chi connectivity index (χ2v) is 8.66. The van der Waals surface area contributed by atoms with E-state index in [2.05, 4.69) is 10.0 Å². The van der Waals surface area contributed by atoms with Gasteiger partial charge in [0.15, 0.2) is 0 Å². The lowest BCUT2D eigenvalue weighted by Gasteiger charge is -2.14. The third-order valence-corrected chi connectivity index (χ3v) is 6.35. The van der Waals surface area contributed by atoms with Crippen molar-refractivity contribution >= 4 is 33.2 Å². The highest BCUT2D eigenvalue weighted by Gasteiger charge is 2.23. The van der Waals surface area contributed by atoms with Gasteiger partial charge in [-0.05, 0) is 50.1 Å². The zero-order valence-electron chi connectivity index (χ0n) is 16.0. The molecule has 1 amide bonds. The van der Waals surface area contributed by atoms with Crippen LogP contribution in [-0.4, -0.2) is 40.2 Å². The first-order chi connectivity index (χ1) is 13.9. The van der Waals surface area contributed by atoms with Crippen LogP contribution in [-0.2, 0) is 14.8 Å². The first-order valence-corrected chi connectivity index (χ1v) is 11.2. The van der Waals surface area contributed by atoms with Crippen molar-refractivity contribution in [3.8, 4) is 5.75 Å². The Morgan fingerprint density at radius 1 is 1.28 bits per heavy atom. The van der Waals surface area contributed by atoms with Crippen molar-refractivity contribution in [2.45, 2.75) is 30.8 Å². The molecule has 7 nitrogen and oxygen atoms in total. The Bertz CT molecular complexity index is 975. The molecule has 0 radical (unpaired) electrons. The van der Waals surface area contributed by atoms with E-state index in [0.717, 1.165) is 12.8 Å². The molecule has 2 aromatic carbocycles. The van der Waals surface area contributed by atoms with Gasteiger partial charge in [-0.1, -0.05) is 23.7 Å². The summed E-state index contributed by atoms with van der Waals surface area (Å²) in [6.07, 6.45) is 1.56. The second-order valence-electron chi connectivity index (χ2n) is 6.52. The van der Waals surface area contributed by atoms with E-state index in [4.69, 9.17) is 21.1 Å². The van der Waals surface area contributed by atoms with Gasteiger partial charge in [-0.2, -0.15) is 0 Å². The Kier molecular flexibility index (Phi) is 7.13. The lowest BCUT2D eigenvalue weighted by molar-refractivity contribution is 0.102. The van der Waals surface area contributed by atoms with Crippen molar-refractivity contribution in [3.05, 3.63) is 53.1 Å². The van der Waals surface area contributed by atoms with Crippen LogP contribution in [0.25, 0.3) is 0 Å². The fourth-order valence-corrected chi connectivity index (χ4v) is 4.57. The lowest BCUT2D eigenvalue weighted by atomic mass is 10.2. The predicted molar refractivity (Wildman–Crippen MR) is 111 cm³/mol. The SMILES string of the molecule is CCOc1ccccc1NC(=O)c1ccc(Cl)c(S(=O)(=O)NCC2CCCO2)c1. The summed E-state index contributed by atoms with van der Waals surface area (Å²) in [7, 11) is -3.89. The number of hydrogen-bond donors (Lipinski definition) is 2. The molecule has 9 heteroatoms. The summed E-state index contributed by atoms with van der Waals surface area (Å²) in [5.41, 5.74) is 0.661. The highest BCUT2D eigenvalue weighted by molar-refractivity contribution is 7.89. The summed E-state index contributed by atoms with van der Waals surface area (Å²) in [5.74, 6) is 0.0628. The molecule has 156 valence electrons. The largest absolute Gasteiger partial charge is 0.492 e. The van der Waals surface area contributed by atoms with Gasteiger partial charge in [0.2, 0.25) is 10.0 Å². The number of hydrogen-bond acceptors (Lipinski definition) is 5. The molecule has 1 unspecified atom stereocenters. The third-order valence-electron chi connectivity index (χ3n) is 4.44. The Morgan fingerprint density at radius 2 is 2.07 bits per heavy atom. The van der Waals surface area contributed by atoms with Crippen molar-refractivity contribution in [2.75, 3.05) is 25.1 Å². The molecule has 2 N–H and O–H groups in total. The van der Waals surface area contributed by atoms with Crippen LogP contribution in [0.3, 0.4) is 0 Å². The number of halogens is 1. The molecule has 0 aromatic heterocycles. The highest BCUT2D eigenvalue weighted by Crippen LogP contribution is 2.26. The summed E-state index contributed by atoms with van der Waals surface area (Å²) in [4.78, 5) is 12.5. The molecule has 0 spiro atoms. The summed E-state index contributed by atoms with van der Waals surface area (Å²) < 4.78 is 38.8. The van der Waals surface area contributed by atoms with Crippen LogP contribution in [0.4, 0.5) is 5.69 Å². The minimum absolute atomic E-state index is 0.0381. The lowest BCUT2D eigenvalue weighted by Crippen LogP contribution is -2.32. The van der Waals surface area contributed by atoms with Crippen LogP contribution in [0.5, 0.6) is 5.75 Å².